The second kappa shape index (κ2) is 5.56. The van der Waals surface area contributed by atoms with Crippen LogP contribution in [0.4, 0.5) is 5.82 Å². The van der Waals surface area contributed by atoms with E-state index >= 15 is 0 Å². The van der Waals surface area contributed by atoms with Crippen molar-refractivity contribution in [1.29, 1.82) is 0 Å². The van der Waals surface area contributed by atoms with Crippen molar-refractivity contribution >= 4 is 27.4 Å². The Morgan fingerprint density at radius 2 is 2.05 bits per heavy atom. The summed E-state index contributed by atoms with van der Waals surface area (Å²) in [6.45, 7) is 0.158. The summed E-state index contributed by atoms with van der Waals surface area (Å²) in [7, 11) is -3.61. The number of nitrogens with two attached hydrogens (primary N) is 1. The van der Waals surface area contributed by atoms with Crippen molar-refractivity contribution in [2.24, 2.45) is 0 Å². The summed E-state index contributed by atoms with van der Waals surface area (Å²) in [5.41, 5.74) is 6.24. The zero-order chi connectivity index (χ0) is 13.9. The number of halogens is 1. The van der Waals surface area contributed by atoms with E-state index in [-0.39, 0.29) is 17.3 Å². The average Bonchev–Trinajstić information content (AvgIpc) is 2.37. The van der Waals surface area contributed by atoms with Crippen molar-refractivity contribution < 1.29 is 8.42 Å². The van der Waals surface area contributed by atoms with E-state index in [0.29, 0.717) is 5.02 Å². The van der Waals surface area contributed by atoms with Crippen molar-refractivity contribution in [3.05, 3.63) is 53.2 Å². The second-order valence-corrected chi connectivity index (χ2v) is 6.07. The van der Waals surface area contributed by atoms with Gasteiger partial charge in [-0.1, -0.05) is 23.7 Å². The van der Waals surface area contributed by atoms with E-state index in [4.69, 9.17) is 17.3 Å². The molecule has 2 rings (SSSR count). The van der Waals surface area contributed by atoms with Crippen molar-refractivity contribution in [2.45, 2.75) is 11.4 Å². The lowest BCUT2D eigenvalue weighted by Gasteiger charge is -2.07. The number of hydrogen-bond acceptors (Lipinski definition) is 4. The average molecular weight is 298 g/mol. The third-order valence-electron chi connectivity index (χ3n) is 2.42. The van der Waals surface area contributed by atoms with Crippen LogP contribution in [0.15, 0.2) is 47.5 Å². The summed E-state index contributed by atoms with van der Waals surface area (Å²) in [4.78, 5) is 3.84. The fourth-order valence-electron chi connectivity index (χ4n) is 1.50. The molecule has 0 atom stereocenters. The number of benzene rings is 1. The first-order valence-electron chi connectivity index (χ1n) is 5.43. The maximum absolute atomic E-state index is 12.0. The molecule has 0 saturated carbocycles. The van der Waals surface area contributed by atoms with Gasteiger partial charge >= 0.3 is 0 Å². The van der Waals surface area contributed by atoms with Gasteiger partial charge in [-0.3, -0.25) is 0 Å². The van der Waals surface area contributed by atoms with Crippen molar-refractivity contribution in [3.8, 4) is 0 Å². The van der Waals surface area contributed by atoms with Gasteiger partial charge in [0.1, 0.15) is 5.82 Å². The minimum atomic E-state index is -3.61. The van der Waals surface area contributed by atoms with Gasteiger partial charge in [-0.05, 0) is 23.8 Å². The van der Waals surface area contributed by atoms with Gasteiger partial charge in [0.2, 0.25) is 10.0 Å². The summed E-state index contributed by atoms with van der Waals surface area (Å²) in [6.07, 6.45) is 1.35. The van der Waals surface area contributed by atoms with Gasteiger partial charge in [-0.2, -0.15) is 0 Å². The molecule has 0 unspecified atom stereocenters. The number of nitrogens with zero attached hydrogens (tertiary/aromatic N) is 1. The Bertz CT molecular complexity index is 689. The Morgan fingerprint density at radius 3 is 2.74 bits per heavy atom. The predicted molar refractivity (Wildman–Crippen MR) is 74.1 cm³/mol. The van der Waals surface area contributed by atoms with Gasteiger partial charge in [-0.25, -0.2) is 18.1 Å². The third-order valence-corrected chi connectivity index (χ3v) is 4.05. The smallest absolute Gasteiger partial charge is 0.241 e. The van der Waals surface area contributed by atoms with Crippen LogP contribution in [-0.2, 0) is 16.6 Å². The molecule has 0 aliphatic carbocycles. The molecule has 0 amide bonds. The number of nitrogens with one attached hydrogen (secondary N) is 1. The summed E-state index contributed by atoms with van der Waals surface area (Å²) in [5, 5.41) is 0.560. The first-order valence-corrected chi connectivity index (χ1v) is 7.29. The van der Waals surface area contributed by atoms with E-state index in [1.165, 1.54) is 18.3 Å². The first kappa shape index (κ1) is 13.8. The number of sulfonamides is 1. The quantitative estimate of drug-likeness (QED) is 0.901. The van der Waals surface area contributed by atoms with E-state index in [1.807, 2.05) is 0 Å². The van der Waals surface area contributed by atoms with E-state index in [0.717, 1.165) is 5.56 Å². The minimum Gasteiger partial charge on any atom is -0.384 e. The van der Waals surface area contributed by atoms with Gasteiger partial charge in [0, 0.05) is 23.8 Å². The molecule has 1 aromatic carbocycles. The molecule has 1 aromatic heterocycles. The van der Waals surface area contributed by atoms with Crippen LogP contribution in [0.5, 0.6) is 0 Å². The summed E-state index contributed by atoms with van der Waals surface area (Å²) >= 11 is 5.83. The lowest BCUT2D eigenvalue weighted by atomic mass is 10.2. The van der Waals surface area contributed by atoms with Gasteiger partial charge in [0.25, 0.3) is 0 Å². The molecule has 5 nitrogen and oxygen atoms in total. The predicted octanol–water partition coefficient (Wildman–Crippen LogP) is 1.80. The molecule has 19 heavy (non-hydrogen) atoms. The topological polar surface area (TPSA) is 85.1 Å². The van der Waals surface area contributed by atoms with Crippen molar-refractivity contribution in [2.75, 3.05) is 5.73 Å². The molecule has 0 spiro atoms. The van der Waals surface area contributed by atoms with E-state index in [1.54, 1.807) is 24.3 Å². The molecule has 1 heterocycles. The van der Waals surface area contributed by atoms with Crippen LogP contribution in [0.2, 0.25) is 5.02 Å². The highest BCUT2D eigenvalue weighted by atomic mass is 35.5. The van der Waals surface area contributed by atoms with Gasteiger partial charge in [0.05, 0.1) is 4.90 Å². The van der Waals surface area contributed by atoms with Crippen molar-refractivity contribution in [1.82, 2.24) is 9.71 Å². The molecule has 100 valence electrons. The molecular formula is C12H12ClN3O2S. The normalized spacial score (nSPS) is 11.4. The SMILES string of the molecule is Nc1cc(S(=O)(=O)NCc2cccc(Cl)c2)ccn1. The van der Waals surface area contributed by atoms with E-state index < -0.39 is 10.0 Å². The van der Waals surface area contributed by atoms with Crippen LogP contribution >= 0.6 is 11.6 Å². The summed E-state index contributed by atoms with van der Waals surface area (Å²) in [6, 6.07) is 9.66. The number of nitrogen functional groups attached to an aromatic ring is 1. The molecule has 0 aliphatic heterocycles. The van der Waals surface area contributed by atoms with Crippen LogP contribution in [0.3, 0.4) is 0 Å². The molecule has 0 aliphatic rings. The molecule has 7 heteroatoms. The Hall–Kier alpha value is -1.63. The molecule has 2 aromatic rings. The van der Waals surface area contributed by atoms with Crippen LogP contribution in [0, 0.1) is 0 Å². The van der Waals surface area contributed by atoms with Crippen molar-refractivity contribution in [3.63, 3.8) is 0 Å². The molecular weight excluding hydrogens is 286 g/mol. The highest BCUT2D eigenvalue weighted by Crippen LogP contribution is 2.13. The van der Waals surface area contributed by atoms with Crippen LogP contribution in [0.25, 0.3) is 0 Å². The summed E-state index contributed by atoms with van der Waals surface area (Å²) in [5.74, 6) is 0.158. The number of hydrogen-bond donors (Lipinski definition) is 2. The zero-order valence-corrected chi connectivity index (χ0v) is 11.4. The largest absolute Gasteiger partial charge is 0.384 e. The molecule has 0 radical (unpaired) electrons. The maximum Gasteiger partial charge on any atom is 0.241 e. The number of pyridine rings is 1. The maximum atomic E-state index is 12.0. The standard InChI is InChI=1S/C12H12ClN3O2S/c13-10-3-1-2-9(6-10)8-16-19(17,18)11-4-5-15-12(14)7-11/h1-7,16H,8H2,(H2,14,15). The monoisotopic (exact) mass is 297 g/mol. The molecule has 0 saturated heterocycles. The fourth-order valence-corrected chi connectivity index (χ4v) is 2.76. The Labute approximate surface area is 116 Å². The Morgan fingerprint density at radius 1 is 1.26 bits per heavy atom. The van der Waals surface area contributed by atoms with Crippen LogP contribution in [0.1, 0.15) is 5.56 Å². The zero-order valence-electron chi connectivity index (χ0n) is 9.88. The van der Waals surface area contributed by atoms with Crippen LogP contribution in [-0.4, -0.2) is 13.4 Å². The van der Waals surface area contributed by atoms with Crippen LogP contribution < -0.4 is 10.5 Å². The van der Waals surface area contributed by atoms with Gasteiger partial charge < -0.3 is 5.73 Å². The Balaban J connectivity index is 2.14. The number of anilines is 1. The molecule has 3 N–H and O–H groups in total. The summed E-state index contributed by atoms with van der Waals surface area (Å²) < 4.78 is 26.5. The van der Waals surface area contributed by atoms with E-state index in [9.17, 15) is 8.42 Å². The number of rotatable bonds is 4. The lowest BCUT2D eigenvalue weighted by molar-refractivity contribution is 0.581. The van der Waals surface area contributed by atoms with Gasteiger partial charge in [-0.15, -0.1) is 0 Å². The second-order valence-electron chi connectivity index (χ2n) is 3.87. The third kappa shape index (κ3) is 3.66. The minimum absolute atomic E-state index is 0.0852. The molecule has 0 fully saturated rings. The molecule has 0 bridgehead atoms. The Kier molecular flexibility index (Phi) is 4.04. The lowest BCUT2D eigenvalue weighted by Crippen LogP contribution is -2.23. The highest BCUT2D eigenvalue weighted by Gasteiger charge is 2.14. The number of aromatic nitrogens is 1. The van der Waals surface area contributed by atoms with E-state index in [2.05, 4.69) is 9.71 Å². The highest BCUT2D eigenvalue weighted by molar-refractivity contribution is 7.89. The van der Waals surface area contributed by atoms with Gasteiger partial charge in [0.15, 0.2) is 0 Å². The fraction of sp³-hybridized carbons (Fsp3) is 0.0833. The first-order chi connectivity index (χ1) is 8.97.